The maximum atomic E-state index is 13.4. The van der Waals surface area contributed by atoms with Crippen molar-refractivity contribution in [2.75, 3.05) is 17.1 Å². The summed E-state index contributed by atoms with van der Waals surface area (Å²) < 4.78 is 5.30. The second kappa shape index (κ2) is 6.64. The molecule has 1 amide bonds. The molecule has 29 heavy (non-hydrogen) atoms. The van der Waals surface area contributed by atoms with Crippen molar-refractivity contribution in [3.8, 4) is 5.75 Å². The molecule has 0 aliphatic carbocycles. The average Bonchev–Trinajstić information content (AvgIpc) is 3.50. The van der Waals surface area contributed by atoms with E-state index in [1.807, 2.05) is 88.8 Å². The third-order valence-electron chi connectivity index (χ3n) is 5.69. The van der Waals surface area contributed by atoms with Crippen molar-refractivity contribution in [3.05, 3.63) is 90.0 Å². The van der Waals surface area contributed by atoms with E-state index in [1.54, 1.807) is 7.11 Å². The Hall–Kier alpha value is -3.31. The van der Waals surface area contributed by atoms with Gasteiger partial charge in [0.1, 0.15) is 5.75 Å². The Morgan fingerprint density at radius 1 is 0.966 bits per heavy atom. The summed E-state index contributed by atoms with van der Waals surface area (Å²) in [6.07, 6.45) is 0.659. The van der Waals surface area contributed by atoms with E-state index >= 15 is 0 Å². The number of benzene rings is 3. The number of fused-ring (bicyclic) bond motifs is 3. The molecule has 5 heteroatoms. The van der Waals surface area contributed by atoms with Crippen LogP contribution in [0.1, 0.15) is 29.3 Å². The van der Waals surface area contributed by atoms with Gasteiger partial charge in [0.2, 0.25) is 5.72 Å². The van der Waals surface area contributed by atoms with Crippen LogP contribution in [0, 0.1) is 0 Å². The van der Waals surface area contributed by atoms with Gasteiger partial charge in [-0.25, -0.2) is 9.90 Å². The molecule has 0 bridgehead atoms. The fraction of sp³-hybridized carbons (Fsp3) is 0.208. The molecule has 0 unspecified atom stereocenters. The number of methoxy groups -OCH3 is 1. The van der Waals surface area contributed by atoms with Gasteiger partial charge in [0.25, 0.3) is 5.91 Å². The zero-order valence-electron chi connectivity index (χ0n) is 16.4. The molecule has 5 rings (SSSR count). The molecular formula is C24H22N2O3. The van der Waals surface area contributed by atoms with Crippen LogP contribution in [0.2, 0.25) is 0 Å². The van der Waals surface area contributed by atoms with Gasteiger partial charge in [-0.2, -0.15) is 0 Å². The van der Waals surface area contributed by atoms with Gasteiger partial charge >= 0.3 is 0 Å². The Balaban J connectivity index is 1.58. The minimum Gasteiger partial charge on any atom is -0.497 e. The van der Waals surface area contributed by atoms with Crippen LogP contribution < -0.4 is 14.7 Å². The molecule has 2 aliphatic rings. The molecule has 5 nitrogen and oxygen atoms in total. The van der Waals surface area contributed by atoms with Crippen molar-refractivity contribution in [3.63, 3.8) is 0 Å². The van der Waals surface area contributed by atoms with Crippen LogP contribution in [0.15, 0.2) is 78.9 Å². The van der Waals surface area contributed by atoms with Crippen LogP contribution in [0.3, 0.4) is 0 Å². The number of amides is 1. The topological polar surface area (TPSA) is 45.1 Å². The van der Waals surface area contributed by atoms with Crippen LogP contribution in [0.4, 0.5) is 11.4 Å². The van der Waals surface area contributed by atoms with Crippen molar-refractivity contribution >= 4 is 17.3 Å². The lowest BCUT2D eigenvalue weighted by atomic mass is 9.97. The van der Waals surface area contributed by atoms with E-state index in [0.29, 0.717) is 12.0 Å². The second-order valence-electron chi connectivity index (χ2n) is 7.48. The molecule has 0 aromatic heterocycles. The van der Waals surface area contributed by atoms with Crippen LogP contribution in [-0.4, -0.2) is 19.1 Å². The SMILES string of the molecule is COc1ccc([C@]23C[C@@H](C)N(C(=O)c4ccccc4)c4ccccc4N2O3)cc1. The number of nitrogens with zero attached hydrogens (tertiary/aromatic N) is 2. The molecular weight excluding hydrogens is 364 g/mol. The highest BCUT2D eigenvalue weighted by molar-refractivity contribution is 6.08. The second-order valence-corrected chi connectivity index (χ2v) is 7.48. The minimum atomic E-state index is -0.576. The Morgan fingerprint density at radius 3 is 2.31 bits per heavy atom. The molecule has 1 saturated heterocycles. The summed E-state index contributed by atoms with van der Waals surface area (Å²) in [6.45, 7) is 2.08. The van der Waals surface area contributed by atoms with Crippen molar-refractivity contribution in [1.29, 1.82) is 0 Å². The molecule has 1 fully saturated rings. The summed E-state index contributed by atoms with van der Waals surface area (Å²) in [5.41, 5.74) is 2.92. The number of rotatable bonds is 3. The molecule has 146 valence electrons. The summed E-state index contributed by atoms with van der Waals surface area (Å²) in [4.78, 5) is 21.5. The van der Waals surface area contributed by atoms with Gasteiger partial charge < -0.3 is 9.64 Å². The molecule has 3 aromatic carbocycles. The molecule has 2 atom stereocenters. The predicted octanol–water partition coefficient (Wildman–Crippen LogP) is 4.74. The standard InChI is InChI=1S/C24H22N2O3/c1-17-16-24(19-12-14-20(28-2)15-13-19)26(29-24)22-11-7-6-10-21(22)25(17)23(27)18-8-4-3-5-9-18/h3-15,17H,16H2,1-2H3/t17-,24-,26?/m1/s1. The first kappa shape index (κ1) is 17.8. The first-order chi connectivity index (χ1) is 14.1. The summed E-state index contributed by atoms with van der Waals surface area (Å²) in [5.74, 6) is 0.804. The first-order valence-electron chi connectivity index (χ1n) is 9.75. The van der Waals surface area contributed by atoms with Crippen LogP contribution >= 0.6 is 0 Å². The first-order valence-corrected chi connectivity index (χ1v) is 9.75. The van der Waals surface area contributed by atoms with Gasteiger partial charge in [0.15, 0.2) is 0 Å². The van der Waals surface area contributed by atoms with Crippen LogP contribution in [-0.2, 0) is 10.6 Å². The Kier molecular flexibility index (Phi) is 4.07. The average molecular weight is 386 g/mol. The van der Waals surface area contributed by atoms with Crippen molar-refractivity contribution in [2.45, 2.75) is 25.1 Å². The fourth-order valence-corrected chi connectivity index (χ4v) is 4.23. The molecule has 0 saturated carbocycles. The lowest BCUT2D eigenvalue weighted by Gasteiger charge is -2.29. The molecule has 2 aliphatic heterocycles. The smallest absolute Gasteiger partial charge is 0.258 e. The largest absolute Gasteiger partial charge is 0.497 e. The van der Waals surface area contributed by atoms with Crippen molar-refractivity contribution in [2.24, 2.45) is 0 Å². The summed E-state index contributed by atoms with van der Waals surface area (Å²) in [7, 11) is 1.66. The summed E-state index contributed by atoms with van der Waals surface area (Å²) in [6, 6.07) is 25.2. The van der Waals surface area contributed by atoms with Crippen LogP contribution in [0.5, 0.6) is 5.75 Å². The highest BCUT2D eigenvalue weighted by atomic mass is 16.9. The molecule has 0 spiro atoms. The monoisotopic (exact) mass is 386 g/mol. The summed E-state index contributed by atoms with van der Waals surface area (Å²) in [5, 5.41) is 1.93. The van der Waals surface area contributed by atoms with Gasteiger partial charge in [-0.3, -0.25) is 4.79 Å². The van der Waals surface area contributed by atoms with E-state index in [-0.39, 0.29) is 11.9 Å². The number of para-hydroxylation sites is 2. The highest BCUT2D eigenvalue weighted by Crippen LogP contribution is 2.56. The normalized spacial score (nSPS) is 22.3. The number of anilines is 2. The lowest BCUT2D eigenvalue weighted by Crippen LogP contribution is -2.40. The number of hydrogen-bond donors (Lipinski definition) is 0. The third kappa shape index (κ3) is 2.77. The quantitative estimate of drug-likeness (QED) is 0.610. The van der Waals surface area contributed by atoms with E-state index in [4.69, 9.17) is 9.57 Å². The van der Waals surface area contributed by atoms with Gasteiger partial charge in [0, 0.05) is 23.6 Å². The minimum absolute atomic E-state index is 0.00192. The number of ether oxygens (including phenoxy) is 1. The van der Waals surface area contributed by atoms with Gasteiger partial charge in [0.05, 0.1) is 18.5 Å². The predicted molar refractivity (Wildman–Crippen MR) is 112 cm³/mol. The van der Waals surface area contributed by atoms with E-state index in [0.717, 1.165) is 22.7 Å². The van der Waals surface area contributed by atoms with Gasteiger partial charge in [-0.15, -0.1) is 0 Å². The number of hydrogen-bond acceptors (Lipinski definition) is 4. The third-order valence-corrected chi connectivity index (χ3v) is 5.69. The zero-order valence-corrected chi connectivity index (χ0v) is 16.4. The Morgan fingerprint density at radius 2 is 1.62 bits per heavy atom. The van der Waals surface area contributed by atoms with E-state index in [9.17, 15) is 4.79 Å². The lowest BCUT2D eigenvalue weighted by molar-refractivity contribution is 0.0973. The molecule has 0 N–H and O–H groups in total. The molecule has 2 heterocycles. The summed E-state index contributed by atoms with van der Waals surface area (Å²) >= 11 is 0. The maximum Gasteiger partial charge on any atom is 0.258 e. The maximum absolute atomic E-state index is 13.4. The van der Waals surface area contributed by atoms with Crippen molar-refractivity contribution in [1.82, 2.24) is 0 Å². The fourth-order valence-electron chi connectivity index (χ4n) is 4.23. The Labute approximate surface area is 170 Å². The van der Waals surface area contributed by atoms with Gasteiger partial charge in [-0.05, 0) is 43.3 Å². The number of carbonyl (C=O) groups excluding carboxylic acids is 1. The van der Waals surface area contributed by atoms with E-state index in [1.165, 1.54) is 0 Å². The van der Waals surface area contributed by atoms with Crippen LogP contribution in [0.25, 0.3) is 0 Å². The van der Waals surface area contributed by atoms with E-state index < -0.39 is 5.72 Å². The van der Waals surface area contributed by atoms with Gasteiger partial charge in [-0.1, -0.05) is 42.5 Å². The van der Waals surface area contributed by atoms with E-state index in [2.05, 4.69) is 6.92 Å². The zero-order chi connectivity index (χ0) is 20.0. The highest BCUT2D eigenvalue weighted by Gasteiger charge is 2.60. The number of hydroxylamine groups is 1. The number of carbonyl (C=O) groups is 1. The molecule has 0 radical (unpaired) electrons. The molecule has 3 aromatic rings. The Bertz CT molecular complexity index is 1050. The van der Waals surface area contributed by atoms with Crippen molar-refractivity contribution < 1.29 is 14.4 Å².